The van der Waals surface area contributed by atoms with Gasteiger partial charge in [-0.3, -0.25) is 0 Å². The van der Waals surface area contributed by atoms with Crippen LogP contribution in [0.4, 0.5) is 0 Å². The Balaban J connectivity index is 6.16. The zero-order chi connectivity index (χ0) is 13.3. The van der Waals surface area contributed by atoms with Gasteiger partial charge in [0.15, 0.2) is 0 Å². The number of hydrogen-bond donors (Lipinski definition) is 10. The van der Waals surface area contributed by atoms with E-state index >= 15 is 0 Å². The van der Waals surface area contributed by atoms with Crippen molar-refractivity contribution in [1.82, 2.24) is 0 Å². The maximum atomic E-state index is 8.93. The van der Waals surface area contributed by atoms with E-state index in [0.29, 0.717) is 0 Å². The first kappa shape index (κ1) is 16.4. The molecule has 0 spiro atoms. The SMILES string of the molecule is OB(O)P(B(O)O)(B(O)O)(B(O)O)B(O)O. The van der Waals surface area contributed by atoms with Gasteiger partial charge in [-0.15, -0.1) is 0 Å². The average Bonchev–Trinajstić information content (AvgIpc) is 2.00. The summed E-state index contributed by atoms with van der Waals surface area (Å²) in [5, 5.41) is 89.3. The molecule has 0 saturated heterocycles. The van der Waals surface area contributed by atoms with E-state index in [1.807, 2.05) is 0 Å². The van der Waals surface area contributed by atoms with Crippen LogP contribution < -0.4 is 0 Å². The van der Waals surface area contributed by atoms with Crippen LogP contribution >= 0.6 is 6.00 Å². The molecule has 90 valence electrons. The molecule has 0 aliphatic heterocycles. The Hall–Kier alpha value is 0.355. The molecule has 16 heavy (non-hydrogen) atoms. The van der Waals surface area contributed by atoms with Gasteiger partial charge in [-0.1, -0.05) is 0 Å². The molecule has 10 nitrogen and oxygen atoms in total. The summed E-state index contributed by atoms with van der Waals surface area (Å²) in [5.41, 5.74) is 0. The summed E-state index contributed by atoms with van der Waals surface area (Å²) in [7, 11) is 0. The molecule has 0 fully saturated rings. The van der Waals surface area contributed by atoms with Crippen molar-refractivity contribution in [2.24, 2.45) is 0 Å². The summed E-state index contributed by atoms with van der Waals surface area (Å²) in [4.78, 5) is 0. The van der Waals surface area contributed by atoms with E-state index in [1.165, 1.54) is 0 Å². The Morgan fingerprint density at radius 1 is 0.375 bits per heavy atom. The normalized spacial score (nSPS) is 13.8. The van der Waals surface area contributed by atoms with E-state index in [-0.39, 0.29) is 0 Å². The molecule has 0 saturated carbocycles. The third kappa shape index (κ3) is 1.57. The molecular formula is H10B5O10P. The maximum absolute atomic E-state index is 8.93. The second kappa shape index (κ2) is 4.92. The number of rotatable bonds is 5. The van der Waals surface area contributed by atoms with Crippen molar-refractivity contribution in [3.8, 4) is 0 Å². The van der Waals surface area contributed by atoms with E-state index in [0.717, 1.165) is 0 Å². The van der Waals surface area contributed by atoms with Gasteiger partial charge >= 0.3 is 90.4 Å². The van der Waals surface area contributed by atoms with E-state index in [9.17, 15) is 0 Å². The fourth-order valence-electron chi connectivity index (χ4n) is 1.19. The van der Waals surface area contributed by atoms with Gasteiger partial charge in [0.05, 0.1) is 0 Å². The summed E-state index contributed by atoms with van der Waals surface area (Å²) < 4.78 is 0. The van der Waals surface area contributed by atoms with Crippen molar-refractivity contribution >= 4 is 40.2 Å². The van der Waals surface area contributed by atoms with Crippen molar-refractivity contribution in [2.45, 2.75) is 0 Å². The van der Waals surface area contributed by atoms with Crippen LogP contribution in [0.1, 0.15) is 0 Å². The Morgan fingerprint density at radius 2 is 0.500 bits per heavy atom. The van der Waals surface area contributed by atoms with Gasteiger partial charge in [-0.05, 0) is 0 Å². The van der Waals surface area contributed by atoms with Gasteiger partial charge in [0, 0.05) is 0 Å². The van der Waals surface area contributed by atoms with Crippen molar-refractivity contribution in [2.75, 3.05) is 0 Å². The third-order valence-electron chi connectivity index (χ3n) is 2.67. The van der Waals surface area contributed by atoms with Gasteiger partial charge in [-0.2, -0.15) is 0 Å². The Morgan fingerprint density at radius 3 is 0.500 bits per heavy atom. The third-order valence-corrected chi connectivity index (χ3v) is 8.00. The summed E-state index contributed by atoms with van der Waals surface area (Å²) in [5.74, 6) is -6.17. The molecule has 0 aromatic rings. The van der Waals surface area contributed by atoms with Crippen molar-refractivity contribution in [1.29, 1.82) is 0 Å². The molecule has 0 radical (unpaired) electrons. The summed E-state index contributed by atoms with van der Waals surface area (Å²) >= 11 is 0. The molecule has 0 aromatic heterocycles. The molecule has 0 aliphatic carbocycles. The minimum atomic E-state index is -6.17. The first-order chi connectivity index (χ1) is 7.06. The Kier molecular flexibility index (Phi) is 5.03. The molecule has 0 aromatic carbocycles. The molecule has 16 heteroatoms. The van der Waals surface area contributed by atoms with E-state index < -0.39 is 40.2 Å². The molecule has 0 aliphatic rings. The van der Waals surface area contributed by atoms with Crippen LogP contribution in [0.5, 0.6) is 0 Å². The molecule has 0 amide bonds. The molecule has 10 N–H and O–H groups in total. The van der Waals surface area contributed by atoms with E-state index in [2.05, 4.69) is 0 Å². The van der Waals surface area contributed by atoms with Crippen molar-refractivity contribution < 1.29 is 50.2 Å². The fourth-order valence-corrected chi connectivity index (χ4v) is 3.58. The van der Waals surface area contributed by atoms with Crippen molar-refractivity contribution in [3.05, 3.63) is 0 Å². The van der Waals surface area contributed by atoms with Crippen LogP contribution in [0, 0.1) is 0 Å². The van der Waals surface area contributed by atoms with E-state index in [4.69, 9.17) is 50.2 Å². The second-order valence-electron chi connectivity index (χ2n) is 3.22. The molecule has 0 unspecified atom stereocenters. The molecule has 0 heterocycles. The van der Waals surface area contributed by atoms with Gasteiger partial charge in [0.1, 0.15) is 0 Å². The predicted molar refractivity (Wildman–Crippen MR) is 57.9 cm³/mol. The minimum absolute atomic E-state index is 3.16. The second-order valence-corrected chi connectivity index (χ2v) is 8.51. The van der Waals surface area contributed by atoms with Crippen LogP contribution in [-0.2, 0) is 0 Å². The Labute approximate surface area is 91.2 Å². The predicted octanol–water partition coefficient (Wildman–Crippen LogP) is -6.61. The quantitative estimate of drug-likeness (QED) is 0.166. The van der Waals surface area contributed by atoms with Gasteiger partial charge in [0.2, 0.25) is 0 Å². The van der Waals surface area contributed by atoms with Gasteiger partial charge in [0.25, 0.3) is 0 Å². The van der Waals surface area contributed by atoms with Gasteiger partial charge < -0.3 is 0 Å². The van der Waals surface area contributed by atoms with E-state index in [1.54, 1.807) is 0 Å². The standard InChI is InChI=1S/B5H10O10P/c6-1(7)16(2(8)9,3(10)11,4(12)13)5(14)15/h6-15H. The van der Waals surface area contributed by atoms with Crippen LogP contribution in [0.25, 0.3) is 0 Å². The van der Waals surface area contributed by atoms with Crippen molar-refractivity contribution in [3.63, 3.8) is 0 Å². The first-order valence-corrected chi connectivity index (χ1v) is 6.45. The van der Waals surface area contributed by atoms with Gasteiger partial charge in [-0.25, -0.2) is 0 Å². The topological polar surface area (TPSA) is 202 Å². The molecule has 0 atom stereocenters. The summed E-state index contributed by atoms with van der Waals surface area (Å²) in [6.07, 6.45) is 0. The van der Waals surface area contributed by atoms with Crippen LogP contribution in [0.3, 0.4) is 0 Å². The zero-order valence-electron chi connectivity index (χ0n) is 7.81. The first-order valence-electron chi connectivity index (χ1n) is 3.87. The summed E-state index contributed by atoms with van der Waals surface area (Å²) in [6, 6.07) is 0. The van der Waals surface area contributed by atoms with Crippen LogP contribution in [-0.4, -0.2) is 84.4 Å². The monoisotopic (exact) mass is 256 g/mol. The average molecular weight is 255 g/mol. The summed E-state index contributed by atoms with van der Waals surface area (Å²) in [6.45, 7) is -15.8. The zero-order valence-corrected chi connectivity index (χ0v) is 8.70. The van der Waals surface area contributed by atoms with Crippen LogP contribution in [0.2, 0.25) is 0 Å². The molecular weight excluding hydrogens is 245 g/mol. The molecule has 0 rings (SSSR count). The number of hydrogen-bond acceptors (Lipinski definition) is 10. The van der Waals surface area contributed by atoms with Crippen LogP contribution in [0.15, 0.2) is 0 Å². The fraction of sp³-hybridized carbons (Fsp3) is 0. The molecule has 0 bridgehead atoms. The Bertz CT molecular complexity index is 173.